The van der Waals surface area contributed by atoms with Crippen LogP contribution in [0.5, 0.6) is 0 Å². The lowest BCUT2D eigenvalue weighted by Crippen LogP contribution is -2.18. The molecule has 0 spiro atoms. The molecule has 4 rings (SSSR count). The monoisotopic (exact) mass is 509 g/mol. The van der Waals surface area contributed by atoms with Crippen molar-refractivity contribution >= 4 is 16.7 Å². The molecule has 0 amide bonds. The lowest BCUT2D eigenvalue weighted by Gasteiger charge is -2.17. The summed E-state index contributed by atoms with van der Waals surface area (Å²) in [5.41, 5.74) is 4.37. The molecule has 0 aliphatic rings. The molecule has 5 heteroatoms. The second-order valence-electron chi connectivity index (χ2n) is 10.6. The molecular weight excluding hydrogens is 474 g/mol. The highest BCUT2D eigenvalue weighted by atomic mass is 16.4. The highest BCUT2D eigenvalue weighted by Gasteiger charge is 2.20. The highest BCUT2D eigenvalue weighted by molar-refractivity contribution is 6.01. The van der Waals surface area contributed by atoms with Gasteiger partial charge in [-0.2, -0.15) is 0 Å². The van der Waals surface area contributed by atoms with E-state index in [4.69, 9.17) is 5.11 Å². The van der Waals surface area contributed by atoms with Gasteiger partial charge in [-0.1, -0.05) is 53.8 Å². The fourth-order valence-corrected chi connectivity index (χ4v) is 4.03. The summed E-state index contributed by atoms with van der Waals surface area (Å²) in [7, 11) is 0. The fourth-order valence-electron chi connectivity index (χ4n) is 4.03. The van der Waals surface area contributed by atoms with E-state index in [2.05, 4.69) is 16.8 Å². The van der Waals surface area contributed by atoms with Gasteiger partial charge in [0.1, 0.15) is 5.60 Å². The Kier molecular flexibility index (Phi) is 8.73. The van der Waals surface area contributed by atoms with Gasteiger partial charge in [-0.3, -0.25) is 9.78 Å². The van der Waals surface area contributed by atoms with E-state index in [1.165, 1.54) is 0 Å². The Morgan fingerprint density at radius 1 is 0.895 bits per heavy atom. The number of carboxylic acids is 1. The van der Waals surface area contributed by atoms with E-state index in [1.54, 1.807) is 52.2 Å². The van der Waals surface area contributed by atoms with Crippen LogP contribution in [0.3, 0.4) is 0 Å². The molecule has 3 aromatic carbocycles. The van der Waals surface area contributed by atoms with Crippen molar-refractivity contribution in [1.82, 2.24) is 4.98 Å². The van der Waals surface area contributed by atoms with Crippen LogP contribution in [-0.2, 0) is 16.8 Å². The summed E-state index contributed by atoms with van der Waals surface area (Å²) in [6.45, 7) is 10.9. The van der Waals surface area contributed by atoms with Gasteiger partial charge >= 0.3 is 5.97 Å². The Balaban J connectivity index is 0.000000732. The molecule has 0 saturated carbocycles. The van der Waals surface area contributed by atoms with Gasteiger partial charge in [0, 0.05) is 18.0 Å². The first-order chi connectivity index (χ1) is 17.7. The van der Waals surface area contributed by atoms with Crippen LogP contribution in [0.2, 0.25) is 0 Å². The zero-order valence-corrected chi connectivity index (χ0v) is 22.8. The topological polar surface area (TPSA) is 90.7 Å². The highest BCUT2D eigenvalue weighted by Crippen LogP contribution is 2.36. The minimum Gasteiger partial charge on any atom is -0.481 e. The van der Waals surface area contributed by atoms with Crippen LogP contribution in [0, 0.1) is 25.7 Å². The van der Waals surface area contributed by atoms with E-state index in [0.29, 0.717) is 5.56 Å². The van der Waals surface area contributed by atoms with Crippen LogP contribution in [0.15, 0.2) is 73.1 Å². The summed E-state index contributed by atoms with van der Waals surface area (Å²) in [4.78, 5) is 15.6. The van der Waals surface area contributed by atoms with Gasteiger partial charge in [-0.05, 0) is 104 Å². The number of carbonyl (C=O) groups is 1. The molecule has 0 bridgehead atoms. The number of hydrogen-bond donors (Lipinski definition) is 3. The lowest BCUT2D eigenvalue weighted by atomic mass is 9.87. The number of aliphatic carboxylic acids is 1. The SMILES string of the molecule is CC(C)(C)O.Cc1ccc(-c2c(CC(=O)O)c(C)cc3ccc(C#CC(C)(O)c4ccncc4)cc23)cc1. The number of carboxylic acid groups (broad SMARTS) is 1. The van der Waals surface area contributed by atoms with Crippen LogP contribution < -0.4 is 0 Å². The van der Waals surface area contributed by atoms with Gasteiger partial charge in [0.05, 0.1) is 12.0 Å². The van der Waals surface area contributed by atoms with Crippen molar-refractivity contribution in [2.24, 2.45) is 0 Å². The third-order valence-corrected chi connectivity index (χ3v) is 5.83. The molecule has 1 aromatic heterocycles. The van der Waals surface area contributed by atoms with Crippen LogP contribution in [0.1, 0.15) is 55.5 Å². The second-order valence-corrected chi connectivity index (χ2v) is 10.6. The molecule has 1 unspecified atom stereocenters. The van der Waals surface area contributed by atoms with E-state index in [9.17, 15) is 15.0 Å². The molecular formula is C33H35NO4. The van der Waals surface area contributed by atoms with Crippen molar-refractivity contribution in [2.75, 3.05) is 0 Å². The van der Waals surface area contributed by atoms with E-state index >= 15 is 0 Å². The number of rotatable bonds is 4. The summed E-state index contributed by atoms with van der Waals surface area (Å²) >= 11 is 0. The molecule has 3 N–H and O–H groups in total. The first-order valence-corrected chi connectivity index (χ1v) is 12.5. The average Bonchev–Trinajstić information content (AvgIpc) is 2.83. The Hall–Kier alpha value is -3.98. The summed E-state index contributed by atoms with van der Waals surface area (Å²) in [6, 6.07) is 19.5. The predicted octanol–water partition coefficient (Wildman–Crippen LogP) is 6.18. The average molecular weight is 510 g/mol. The minimum atomic E-state index is -1.32. The molecule has 1 heterocycles. The Morgan fingerprint density at radius 3 is 2.08 bits per heavy atom. The maximum Gasteiger partial charge on any atom is 0.307 e. The first kappa shape index (κ1) is 28.6. The molecule has 0 aliphatic heterocycles. The number of aliphatic hydroxyl groups is 2. The summed E-state index contributed by atoms with van der Waals surface area (Å²) in [6.07, 6.45) is 3.20. The molecule has 4 aromatic rings. The van der Waals surface area contributed by atoms with Crippen molar-refractivity contribution in [1.29, 1.82) is 0 Å². The number of fused-ring (bicyclic) bond motifs is 1. The molecule has 0 saturated heterocycles. The second kappa shape index (κ2) is 11.6. The van der Waals surface area contributed by atoms with E-state index in [1.807, 2.05) is 62.4 Å². The number of pyridine rings is 1. The van der Waals surface area contributed by atoms with Gasteiger partial charge < -0.3 is 15.3 Å². The third kappa shape index (κ3) is 7.76. The van der Waals surface area contributed by atoms with Crippen molar-refractivity contribution in [2.45, 2.75) is 59.2 Å². The maximum absolute atomic E-state index is 11.7. The molecule has 0 aliphatic carbocycles. The van der Waals surface area contributed by atoms with Gasteiger partial charge in [0.25, 0.3) is 0 Å². The van der Waals surface area contributed by atoms with E-state index in [0.717, 1.165) is 44.2 Å². The van der Waals surface area contributed by atoms with Crippen LogP contribution in [0.4, 0.5) is 0 Å². The maximum atomic E-state index is 11.7. The first-order valence-electron chi connectivity index (χ1n) is 12.5. The lowest BCUT2D eigenvalue weighted by molar-refractivity contribution is -0.136. The number of nitrogens with zero attached hydrogens (tertiary/aromatic N) is 1. The standard InChI is InChI=1S/C29H25NO3.C4H10O/c1-19-4-7-22(8-5-19)28-25(18-27(31)32)20(2)16-23-9-6-21(17-26(23)28)10-13-29(3,33)24-11-14-30-15-12-24;1-4(2,3)5/h4-9,11-12,14-17,33H,18H2,1-3H3,(H,31,32);5H,1-3H3. The fraction of sp³-hybridized carbons (Fsp3) is 0.273. The van der Waals surface area contributed by atoms with Crippen LogP contribution >= 0.6 is 0 Å². The van der Waals surface area contributed by atoms with E-state index in [-0.39, 0.29) is 6.42 Å². The van der Waals surface area contributed by atoms with Crippen molar-refractivity contribution in [3.63, 3.8) is 0 Å². The summed E-state index contributed by atoms with van der Waals surface area (Å²) in [5, 5.41) is 30.9. The van der Waals surface area contributed by atoms with Gasteiger partial charge in [0.2, 0.25) is 0 Å². The zero-order chi connectivity index (χ0) is 28.1. The molecule has 1 atom stereocenters. The Morgan fingerprint density at radius 2 is 1.50 bits per heavy atom. The summed E-state index contributed by atoms with van der Waals surface area (Å²) < 4.78 is 0. The molecule has 0 fully saturated rings. The van der Waals surface area contributed by atoms with Crippen LogP contribution in [0.25, 0.3) is 21.9 Å². The Bertz CT molecular complexity index is 1480. The third-order valence-electron chi connectivity index (χ3n) is 5.83. The molecule has 196 valence electrons. The van der Waals surface area contributed by atoms with Crippen molar-refractivity contribution in [3.8, 4) is 23.0 Å². The molecule has 0 radical (unpaired) electrons. The predicted molar refractivity (Wildman–Crippen MR) is 153 cm³/mol. The van der Waals surface area contributed by atoms with Gasteiger partial charge in [0.15, 0.2) is 0 Å². The zero-order valence-electron chi connectivity index (χ0n) is 22.8. The van der Waals surface area contributed by atoms with E-state index < -0.39 is 17.2 Å². The molecule has 38 heavy (non-hydrogen) atoms. The number of aryl methyl sites for hydroxylation is 2. The number of benzene rings is 3. The van der Waals surface area contributed by atoms with Crippen molar-refractivity contribution < 1.29 is 20.1 Å². The normalized spacial score (nSPS) is 12.5. The van der Waals surface area contributed by atoms with Gasteiger partial charge in [-0.15, -0.1) is 0 Å². The summed E-state index contributed by atoms with van der Waals surface area (Å²) in [5.74, 6) is 5.20. The number of hydrogen-bond acceptors (Lipinski definition) is 4. The molecule has 5 nitrogen and oxygen atoms in total. The van der Waals surface area contributed by atoms with Gasteiger partial charge in [-0.25, -0.2) is 0 Å². The number of aromatic nitrogens is 1. The quantitative estimate of drug-likeness (QED) is 0.286. The minimum absolute atomic E-state index is 0.0579. The smallest absolute Gasteiger partial charge is 0.307 e. The van der Waals surface area contributed by atoms with Crippen molar-refractivity contribution in [3.05, 3.63) is 101 Å². The van der Waals surface area contributed by atoms with Crippen LogP contribution in [-0.4, -0.2) is 31.9 Å². The Labute approximate surface area is 224 Å². The largest absolute Gasteiger partial charge is 0.481 e.